The molecule has 1 aliphatic heterocycles. The summed E-state index contributed by atoms with van der Waals surface area (Å²) in [5.74, 6) is 0.176. The minimum absolute atomic E-state index is 0.0632. The Balaban J connectivity index is 1.70. The Labute approximate surface area is 179 Å². The lowest BCUT2D eigenvalue weighted by Crippen LogP contribution is -2.28. The zero-order valence-corrected chi connectivity index (χ0v) is 18.0. The van der Waals surface area contributed by atoms with Gasteiger partial charge in [0.15, 0.2) is 0 Å². The second-order valence-electron chi connectivity index (χ2n) is 8.27. The number of hydrogen-bond acceptors (Lipinski definition) is 7. The lowest BCUT2D eigenvalue weighted by Gasteiger charge is -2.27. The summed E-state index contributed by atoms with van der Waals surface area (Å²) in [4.78, 5) is 22.4. The van der Waals surface area contributed by atoms with E-state index in [1.165, 1.54) is 0 Å². The van der Waals surface area contributed by atoms with Crippen LogP contribution in [0.1, 0.15) is 64.7 Å². The molecule has 30 heavy (non-hydrogen) atoms. The largest absolute Gasteiger partial charge is 0.457 e. The van der Waals surface area contributed by atoms with Gasteiger partial charge in [-0.05, 0) is 25.7 Å². The van der Waals surface area contributed by atoms with Crippen molar-refractivity contribution in [3.8, 4) is 0 Å². The number of unbranched alkanes of at least 4 members (excludes halogenated alkanes) is 3. The Bertz CT molecular complexity index is 544. The van der Waals surface area contributed by atoms with Gasteiger partial charge >= 0.3 is 5.97 Å². The second-order valence-corrected chi connectivity index (χ2v) is 8.27. The zero-order chi connectivity index (χ0) is 21.8. The maximum Gasteiger partial charge on any atom is 0.306 e. The van der Waals surface area contributed by atoms with E-state index in [0.717, 1.165) is 44.9 Å². The van der Waals surface area contributed by atoms with E-state index in [0.29, 0.717) is 12.3 Å². The lowest BCUT2D eigenvalue weighted by molar-refractivity contribution is -0.336. The number of carbonyl (C=O) groups excluding carboxylic acids is 1. The summed E-state index contributed by atoms with van der Waals surface area (Å²) in [6.45, 7) is 1.41. The van der Waals surface area contributed by atoms with E-state index in [1.807, 2.05) is 6.08 Å². The molecule has 2 aliphatic rings. The summed E-state index contributed by atoms with van der Waals surface area (Å²) in [5, 5.41) is 28.0. The van der Waals surface area contributed by atoms with Crippen molar-refractivity contribution in [1.82, 2.24) is 0 Å². The summed E-state index contributed by atoms with van der Waals surface area (Å²) >= 11 is 0. The molecule has 172 valence electrons. The van der Waals surface area contributed by atoms with E-state index in [1.54, 1.807) is 0 Å². The molecule has 1 aliphatic carbocycles. The molecule has 1 heterocycles. The maximum absolute atomic E-state index is 11.6. The highest BCUT2D eigenvalue weighted by Gasteiger charge is 2.49. The predicted molar refractivity (Wildman–Crippen MR) is 112 cm³/mol. The fraction of sp³-hybridized carbons (Fsp3) is 0.783. The first-order valence-electron chi connectivity index (χ1n) is 11.3. The van der Waals surface area contributed by atoms with E-state index < -0.39 is 18.2 Å². The topological polar surface area (TPSA) is 105 Å². The Kier molecular flexibility index (Phi) is 11.6. The molecule has 0 spiro atoms. The second kappa shape index (κ2) is 13.9. The van der Waals surface area contributed by atoms with Gasteiger partial charge in [-0.2, -0.15) is 0 Å². The molecule has 1 saturated heterocycles. The van der Waals surface area contributed by atoms with E-state index in [4.69, 9.17) is 24.7 Å². The van der Waals surface area contributed by atoms with Gasteiger partial charge in [0.2, 0.25) is 0 Å². The molecular weight excluding hydrogens is 388 g/mol. The Hall–Kier alpha value is -1.25. The number of carbonyl (C=O) groups is 1. The minimum Gasteiger partial charge on any atom is -0.457 e. The summed E-state index contributed by atoms with van der Waals surface area (Å²) in [6, 6.07) is 0. The van der Waals surface area contributed by atoms with Crippen LogP contribution in [0.25, 0.3) is 0 Å². The molecule has 2 bridgehead atoms. The molecule has 0 amide bonds. The van der Waals surface area contributed by atoms with Crippen LogP contribution in [0.4, 0.5) is 0 Å². The molecule has 1 saturated carbocycles. The first-order chi connectivity index (χ1) is 14.6. The lowest BCUT2D eigenvalue weighted by atomic mass is 9.89. The number of aliphatic hydroxyl groups is 3. The molecule has 2 rings (SSSR count). The van der Waals surface area contributed by atoms with Crippen LogP contribution in [-0.2, 0) is 19.3 Å². The van der Waals surface area contributed by atoms with Crippen LogP contribution in [0, 0.1) is 11.8 Å². The standard InChI is InChI=1S/C23H38O7/c1-2-3-6-9-17(26)12-13-20-19(21-14-22(20)30-29-21)10-7-4-5-8-11-23(27)28-18(15-24)16-25/h4,7,12-13,17-22,24-26H,2-3,5-6,8-11,14-16H2,1H3. The Morgan fingerprint density at radius 2 is 1.90 bits per heavy atom. The van der Waals surface area contributed by atoms with Crippen molar-refractivity contribution in [3.05, 3.63) is 24.3 Å². The van der Waals surface area contributed by atoms with Crippen molar-refractivity contribution in [1.29, 1.82) is 0 Å². The quantitative estimate of drug-likeness (QED) is 0.160. The average molecular weight is 427 g/mol. The van der Waals surface area contributed by atoms with Crippen molar-refractivity contribution in [3.63, 3.8) is 0 Å². The fourth-order valence-electron chi connectivity index (χ4n) is 4.09. The number of hydrogen-bond donors (Lipinski definition) is 3. The molecule has 7 heteroatoms. The third-order valence-electron chi connectivity index (χ3n) is 5.86. The molecule has 7 nitrogen and oxygen atoms in total. The molecule has 0 aromatic carbocycles. The minimum atomic E-state index is -0.830. The van der Waals surface area contributed by atoms with Gasteiger partial charge in [0.05, 0.1) is 25.4 Å². The van der Waals surface area contributed by atoms with Crippen molar-refractivity contribution >= 4 is 5.97 Å². The van der Waals surface area contributed by atoms with E-state index in [2.05, 4.69) is 25.2 Å². The highest BCUT2D eigenvalue weighted by Crippen LogP contribution is 2.44. The van der Waals surface area contributed by atoms with E-state index in [9.17, 15) is 9.90 Å². The molecular formula is C23H38O7. The molecule has 3 N–H and O–H groups in total. The van der Waals surface area contributed by atoms with Crippen molar-refractivity contribution in [2.45, 2.75) is 89.1 Å². The maximum atomic E-state index is 11.6. The fourth-order valence-corrected chi connectivity index (χ4v) is 4.09. The first kappa shape index (κ1) is 25.0. The van der Waals surface area contributed by atoms with Crippen molar-refractivity contribution in [2.24, 2.45) is 11.8 Å². The van der Waals surface area contributed by atoms with Gasteiger partial charge in [-0.1, -0.05) is 50.5 Å². The Morgan fingerprint density at radius 3 is 2.63 bits per heavy atom. The highest BCUT2D eigenvalue weighted by atomic mass is 17.2. The van der Waals surface area contributed by atoms with Gasteiger partial charge in [-0.15, -0.1) is 0 Å². The van der Waals surface area contributed by atoms with Crippen LogP contribution in [0.2, 0.25) is 0 Å². The first-order valence-corrected chi connectivity index (χ1v) is 11.3. The number of aliphatic hydroxyl groups excluding tert-OH is 3. The predicted octanol–water partition coefficient (Wildman–Crippen LogP) is 2.83. The van der Waals surface area contributed by atoms with Gasteiger partial charge in [-0.25, -0.2) is 9.78 Å². The van der Waals surface area contributed by atoms with Crippen LogP contribution < -0.4 is 0 Å². The third kappa shape index (κ3) is 8.12. The van der Waals surface area contributed by atoms with Crippen LogP contribution in [0.15, 0.2) is 24.3 Å². The zero-order valence-electron chi connectivity index (χ0n) is 18.0. The smallest absolute Gasteiger partial charge is 0.306 e. The van der Waals surface area contributed by atoms with E-state index in [-0.39, 0.29) is 37.8 Å². The SMILES string of the molecule is CCCCCC(O)C=CC1C2CC(OO2)C1CC=CCCCC(=O)OC(CO)CO. The third-order valence-corrected chi connectivity index (χ3v) is 5.86. The molecule has 0 radical (unpaired) electrons. The normalized spacial score (nSPS) is 27.0. The monoisotopic (exact) mass is 426 g/mol. The van der Waals surface area contributed by atoms with Gasteiger partial charge in [0.25, 0.3) is 0 Å². The van der Waals surface area contributed by atoms with E-state index >= 15 is 0 Å². The number of esters is 1. The van der Waals surface area contributed by atoms with Gasteiger partial charge in [-0.3, -0.25) is 4.79 Å². The number of ether oxygens (including phenoxy) is 1. The van der Waals surface area contributed by atoms with Crippen LogP contribution in [0.3, 0.4) is 0 Å². The van der Waals surface area contributed by atoms with Gasteiger partial charge in [0.1, 0.15) is 12.2 Å². The molecule has 0 aromatic rings. The van der Waals surface area contributed by atoms with Gasteiger partial charge < -0.3 is 20.1 Å². The number of allylic oxidation sites excluding steroid dienone is 2. The summed E-state index contributed by atoms with van der Waals surface area (Å²) in [5.41, 5.74) is 0. The van der Waals surface area contributed by atoms with Crippen LogP contribution in [-0.4, -0.2) is 58.9 Å². The number of fused-ring (bicyclic) bond motifs is 2. The highest BCUT2D eigenvalue weighted by molar-refractivity contribution is 5.69. The average Bonchev–Trinajstić information content (AvgIpc) is 3.35. The summed E-state index contributed by atoms with van der Waals surface area (Å²) in [6.07, 6.45) is 14.7. The summed E-state index contributed by atoms with van der Waals surface area (Å²) < 4.78 is 4.94. The van der Waals surface area contributed by atoms with Crippen molar-refractivity contribution in [2.75, 3.05) is 13.2 Å². The van der Waals surface area contributed by atoms with Crippen LogP contribution >= 0.6 is 0 Å². The Morgan fingerprint density at radius 1 is 1.13 bits per heavy atom. The summed E-state index contributed by atoms with van der Waals surface area (Å²) in [7, 11) is 0. The van der Waals surface area contributed by atoms with Crippen molar-refractivity contribution < 1.29 is 34.6 Å². The molecule has 0 aromatic heterocycles. The molecule has 2 fully saturated rings. The number of rotatable bonds is 15. The van der Waals surface area contributed by atoms with Crippen LogP contribution in [0.5, 0.6) is 0 Å². The molecule has 5 unspecified atom stereocenters. The molecule has 5 atom stereocenters. The van der Waals surface area contributed by atoms with Gasteiger partial charge in [0, 0.05) is 24.7 Å².